The summed E-state index contributed by atoms with van der Waals surface area (Å²) in [6.07, 6.45) is 6.59. The molecule has 7 nitrogen and oxygen atoms in total. The third-order valence-electron chi connectivity index (χ3n) is 4.02. The molecule has 1 N–H and O–H groups in total. The summed E-state index contributed by atoms with van der Waals surface area (Å²) in [6, 6.07) is 0. The van der Waals surface area contributed by atoms with Crippen LogP contribution in [0.2, 0.25) is 0 Å². The fraction of sp³-hybridized carbons (Fsp3) is 0.500. The van der Waals surface area contributed by atoms with Gasteiger partial charge in [0.2, 0.25) is 0 Å². The van der Waals surface area contributed by atoms with Gasteiger partial charge >= 0.3 is 0 Å². The molecule has 3 heterocycles. The number of nitrogens with one attached hydrogen (secondary N) is 1. The molecule has 0 aliphatic carbocycles. The maximum absolute atomic E-state index is 12.4. The third kappa shape index (κ3) is 3.61. The second kappa shape index (κ2) is 6.40. The van der Waals surface area contributed by atoms with E-state index in [4.69, 9.17) is 0 Å². The Labute approximate surface area is 138 Å². The summed E-state index contributed by atoms with van der Waals surface area (Å²) >= 11 is 1.34. The Bertz CT molecular complexity index is 783. The smallest absolute Gasteiger partial charge is 0.265 e. The maximum atomic E-state index is 12.4. The highest BCUT2D eigenvalue weighted by Crippen LogP contribution is 2.24. The second-order valence-electron chi connectivity index (χ2n) is 5.81. The van der Waals surface area contributed by atoms with Crippen molar-refractivity contribution in [3.8, 4) is 0 Å². The Hall–Kier alpha value is -1.74. The quantitative estimate of drug-likeness (QED) is 0.894. The summed E-state index contributed by atoms with van der Waals surface area (Å²) in [6.45, 7) is 1.36. The number of nitrogens with zero attached hydrogens (tertiary/aromatic N) is 3. The molecule has 1 unspecified atom stereocenters. The van der Waals surface area contributed by atoms with Crippen molar-refractivity contribution < 1.29 is 13.2 Å². The molecule has 0 spiro atoms. The first kappa shape index (κ1) is 16.1. The zero-order valence-electron chi connectivity index (χ0n) is 12.7. The molecule has 0 radical (unpaired) electrons. The summed E-state index contributed by atoms with van der Waals surface area (Å²) in [5.74, 6) is 0.228. The van der Waals surface area contributed by atoms with Gasteiger partial charge in [-0.3, -0.25) is 14.9 Å². The van der Waals surface area contributed by atoms with Crippen LogP contribution in [0.5, 0.6) is 0 Å². The Morgan fingerprint density at radius 2 is 2.30 bits per heavy atom. The van der Waals surface area contributed by atoms with Gasteiger partial charge in [0.1, 0.15) is 9.77 Å². The maximum Gasteiger partial charge on any atom is 0.265 e. The van der Waals surface area contributed by atoms with E-state index in [-0.39, 0.29) is 16.7 Å². The Morgan fingerprint density at radius 3 is 3.00 bits per heavy atom. The van der Waals surface area contributed by atoms with Gasteiger partial charge in [-0.25, -0.2) is 8.42 Å². The van der Waals surface area contributed by atoms with Crippen LogP contribution < -0.4 is 0 Å². The van der Waals surface area contributed by atoms with Gasteiger partial charge in [0.15, 0.2) is 9.84 Å². The number of sulfone groups is 1. The highest BCUT2D eigenvalue weighted by Gasteiger charge is 2.27. The molecular weight excluding hydrogens is 336 g/mol. The number of amides is 1. The zero-order valence-corrected chi connectivity index (χ0v) is 14.4. The zero-order chi connectivity index (χ0) is 16.4. The van der Waals surface area contributed by atoms with Crippen molar-refractivity contribution in [3.05, 3.63) is 28.5 Å². The summed E-state index contributed by atoms with van der Waals surface area (Å²) in [5.41, 5.74) is 2.28. The van der Waals surface area contributed by atoms with Crippen LogP contribution in [0, 0.1) is 5.92 Å². The number of carbonyl (C=O) groups excluding carboxylic acids is 1. The lowest BCUT2D eigenvalue weighted by atomic mass is 9.93. The second-order valence-corrected chi connectivity index (χ2v) is 8.68. The SMILES string of the molecule is CS(=O)(=O)c1cn[nH]c1CC1CCCN(C(=O)c2cncs2)C1. The molecule has 0 saturated carbocycles. The van der Waals surface area contributed by atoms with Gasteiger partial charge in [0.05, 0.1) is 23.6 Å². The van der Waals surface area contributed by atoms with Gasteiger partial charge in [-0.2, -0.15) is 5.10 Å². The average molecular weight is 354 g/mol. The minimum atomic E-state index is -3.29. The molecule has 1 atom stereocenters. The van der Waals surface area contributed by atoms with E-state index >= 15 is 0 Å². The highest BCUT2D eigenvalue weighted by molar-refractivity contribution is 7.90. The molecule has 1 saturated heterocycles. The van der Waals surface area contributed by atoms with E-state index in [9.17, 15) is 13.2 Å². The lowest BCUT2D eigenvalue weighted by Crippen LogP contribution is -2.40. The van der Waals surface area contributed by atoms with Crippen molar-refractivity contribution in [3.63, 3.8) is 0 Å². The molecule has 0 aromatic carbocycles. The average Bonchev–Trinajstić information content (AvgIpc) is 3.17. The standard InChI is InChI=1S/C14H18N4O3S2/c1-23(20,21)13-7-16-17-11(13)5-10-3-2-4-18(8-10)14(19)12-6-15-9-22-12/h6-7,9-10H,2-5,8H2,1H3,(H,16,17). The van der Waals surface area contributed by atoms with Gasteiger partial charge in [-0.1, -0.05) is 0 Å². The first-order valence-electron chi connectivity index (χ1n) is 7.35. The van der Waals surface area contributed by atoms with E-state index in [0.717, 1.165) is 19.4 Å². The van der Waals surface area contributed by atoms with Crippen LogP contribution in [-0.4, -0.2) is 53.8 Å². The number of H-pyrrole nitrogens is 1. The van der Waals surface area contributed by atoms with Crippen LogP contribution in [0.15, 0.2) is 22.8 Å². The molecule has 9 heteroatoms. The van der Waals surface area contributed by atoms with Crippen LogP contribution in [0.3, 0.4) is 0 Å². The number of aromatic amines is 1. The van der Waals surface area contributed by atoms with Gasteiger partial charge in [0.25, 0.3) is 5.91 Å². The van der Waals surface area contributed by atoms with Crippen LogP contribution in [0.1, 0.15) is 28.2 Å². The largest absolute Gasteiger partial charge is 0.338 e. The van der Waals surface area contributed by atoms with Crippen molar-refractivity contribution in [1.29, 1.82) is 0 Å². The van der Waals surface area contributed by atoms with Gasteiger partial charge < -0.3 is 4.90 Å². The van der Waals surface area contributed by atoms with E-state index < -0.39 is 9.84 Å². The molecule has 1 fully saturated rings. The molecule has 0 bridgehead atoms. The topological polar surface area (TPSA) is 96.0 Å². The van der Waals surface area contributed by atoms with Crippen LogP contribution in [-0.2, 0) is 16.3 Å². The number of thiazole rings is 1. The number of hydrogen-bond donors (Lipinski definition) is 1. The molecule has 1 aliphatic rings. The number of likely N-dealkylation sites (tertiary alicyclic amines) is 1. The lowest BCUT2D eigenvalue weighted by molar-refractivity contribution is 0.0677. The number of piperidine rings is 1. The normalized spacial score (nSPS) is 19.0. The van der Waals surface area contributed by atoms with E-state index in [0.29, 0.717) is 23.5 Å². The monoisotopic (exact) mass is 354 g/mol. The summed E-state index contributed by atoms with van der Waals surface area (Å²) in [4.78, 5) is 19.1. The predicted octanol–water partition coefficient (Wildman–Crippen LogP) is 1.36. The first-order valence-corrected chi connectivity index (χ1v) is 10.1. The molecule has 1 aliphatic heterocycles. The number of hydrogen-bond acceptors (Lipinski definition) is 6. The van der Waals surface area contributed by atoms with Crippen molar-refractivity contribution >= 4 is 27.1 Å². The Kier molecular flexibility index (Phi) is 4.49. The molecule has 3 rings (SSSR count). The minimum Gasteiger partial charge on any atom is -0.338 e. The van der Waals surface area contributed by atoms with E-state index in [1.54, 1.807) is 11.7 Å². The number of carbonyl (C=O) groups is 1. The molecule has 1 amide bonds. The van der Waals surface area contributed by atoms with E-state index in [1.807, 2.05) is 4.90 Å². The van der Waals surface area contributed by atoms with E-state index in [2.05, 4.69) is 15.2 Å². The predicted molar refractivity (Wildman–Crippen MR) is 86.1 cm³/mol. The fourth-order valence-corrected chi connectivity index (χ4v) is 4.36. The third-order valence-corrected chi connectivity index (χ3v) is 5.93. The van der Waals surface area contributed by atoms with Gasteiger partial charge in [-0.15, -0.1) is 11.3 Å². The van der Waals surface area contributed by atoms with Gasteiger partial charge in [0, 0.05) is 19.3 Å². The molecule has 23 heavy (non-hydrogen) atoms. The summed E-state index contributed by atoms with van der Waals surface area (Å²) in [7, 11) is -3.29. The Morgan fingerprint density at radius 1 is 1.48 bits per heavy atom. The summed E-state index contributed by atoms with van der Waals surface area (Å²) in [5, 5.41) is 6.65. The van der Waals surface area contributed by atoms with Gasteiger partial charge in [-0.05, 0) is 25.2 Å². The van der Waals surface area contributed by atoms with Crippen molar-refractivity contribution in [2.45, 2.75) is 24.2 Å². The minimum absolute atomic E-state index is 0.00477. The first-order chi connectivity index (χ1) is 10.9. The summed E-state index contributed by atoms with van der Waals surface area (Å²) < 4.78 is 23.5. The fourth-order valence-electron chi connectivity index (χ4n) is 2.95. The van der Waals surface area contributed by atoms with Crippen LogP contribution >= 0.6 is 11.3 Å². The van der Waals surface area contributed by atoms with E-state index in [1.165, 1.54) is 23.8 Å². The Balaban J connectivity index is 1.70. The highest BCUT2D eigenvalue weighted by atomic mass is 32.2. The van der Waals surface area contributed by atoms with Crippen LogP contribution in [0.25, 0.3) is 0 Å². The van der Waals surface area contributed by atoms with Crippen LogP contribution in [0.4, 0.5) is 0 Å². The number of aromatic nitrogens is 3. The molecule has 2 aromatic rings. The number of rotatable bonds is 4. The van der Waals surface area contributed by atoms with Crippen molar-refractivity contribution in [1.82, 2.24) is 20.1 Å². The van der Waals surface area contributed by atoms with Crippen molar-refractivity contribution in [2.24, 2.45) is 5.92 Å². The molecule has 124 valence electrons. The molecule has 2 aromatic heterocycles. The molecular formula is C14H18N4O3S2. The lowest BCUT2D eigenvalue weighted by Gasteiger charge is -2.32. The van der Waals surface area contributed by atoms with Crippen molar-refractivity contribution in [2.75, 3.05) is 19.3 Å².